The maximum atomic E-state index is 12.6. The van der Waals surface area contributed by atoms with Crippen molar-refractivity contribution in [2.24, 2.45) is 0 Å². The molecule has 0 saturated carbocycles. The van der Waals surface area contributed by atoms with Crippen LogP contribution < -0.4 is 5.56 Å². The molecule has 7 nitrogen and oxygen atoms in total. The SMILES string of the molecule is O=C(c1ccncc1)N1CC[C@@H](c2nc(-c3cccnc3)cc(=O)[nH]2)C1. The average molecular weight is 347 g/mol. The number of carbonyl (C=O) groups excluding carboxylic acids is 1. The molecule has 0 spiro atoms. The monoisotopic (exact) mass is 347 g/mol. The van der Waals surface area contributed by atoms with Crippen LogP contribution in [0.4, 0.5) is 0 Å². The van der Waals surface area contributed by atoms with Crippen LogP contribution in [-0.2, 0) is 0 Å². The quantitative estimate of drug-likeness (QED) is 0.781. The standard InChI is InChI=1S/C19H17N5O2/c25-17-10-16(14-2-1-6-21-11-14)22-18(23-17)15-5-9-24(12-15)19(26)13-3-7-20-8-4-13/h1-4,6-8,10-11,15H,5,9,12H2,(H,22,23,25)/t15-/m1/s1. The number of hydrogen-bond donors (Lipinski definition) is 1. The maximum Gasteiger partial charge on any atom is 0.253 e. The molecule has 0 bridgehead atoms. The van der Waals surface area contributed by atoms with Crippen molar-refractivity contribution in [3.05, 3.63) is 76.9 Å². The van der Waals surface area contributed by atoms with Crippen LogP contribution in [0.3, 0.4) is 0 Å². The highest BCUT2D eigenvalue weighted by molar-refractivity contribution is 5.94. The third kappa shape index (κ3) is 3.23. The van der Waals surface area contributed by atoms with Crippen molar-refractivity contribution in [2.45, 2.75) is 12.3 Å². The Morgan fingerprint density at radius 3 is 2.77 bits per heavy atom. The Morgan fingerprint density at radius 2 is 2.00 bits per heavy atom. The van der Waals surface area contributed by atoms with E-state index in [2.05, 4.69) is 19.9 Å². The minimum atomic E-state index is -0.201. The number of aromatic amines is 1. The zero-order chi connectivity index (χ0) is 17.9. The topological polar surface area (TPSA) is 91.8 Å². The van der Waals surface area contributed by atoms with Gasteiger partial charge in [0.15, 0.2) is 0 Å². The van der Waals surface area contributed by atoms with Gasteiger partial charge in [0.25, 0.3) is 11.5 Å². The number of H-pyrrole nitrogens is 1. The van der Waals surface area contributed by atoms with Crippen LogP contribution in [0.1, 0.15) is 28.5 Å². The first-order valence-electron chi connectivity index (χ1n) is 8.41. The van der Waals surface area contributed by atoms with Gasteiger partial charge in [0.2, 0.25) is 0 Å². The minimum absolute atomic E-state index is 0.00473. The lowest BCUT2D eigenvalue weighted by Crippen LogP contribution is -2.28. The van der Waals surface area contributed by atoms with Gasteiger partial charge in [0.1, 0.15) is 5.82 Å². The van der Waals surface area contributed by atoms with Gasteiger partial charge >= 0.3 is 0 Å². The first kappa shape index (κ1) is 16.1. The van der Waals surface area contributed by atoms with Gasteiger partial charge in [-0.15, -0.1) is 0 Å². The van der Waals surface area contributed by atoms with E-state index in [-0.39, 0.29) is 17.4 Å². The predicted molar refractivity (Wildman–Crippen MR) is 95.6 cm³/mol. The van der Waals surface area contributed by atoms with E-state index in [0.29, 0.717) is 30.2 Å². The van der Waals surface area contributed by atoms with Crippen molar-refractivity contribution < 1.29 is 4.79 Å². The number of nitrogens with zero attached hydrogens (tertiary/aromatic N) is 4. The van der Waals surface area contributed by atoms with Gasteiger partial charge in [-0.1, -0.05) is 0 Å². The van der Waals surface area contributed by atoms with Gasteiger partial charge in [-0.2, -0.15) is 0 Å². The van der Waals surface area contributed by atoms with E-state index in [9.17, 15) is 9.59 Å². The fourth-order valence-electron chi connectivity index (χ4n) is 3.18. The second-order valence-corrected chi connectivity index (χ2v) is 6.23. The van der Waals surface area contributed by atoms with E-state index in [1.165, 1.54) is 6.07 Å². The number of amides is 1. The van der Waals surface area contributed by atoms with Crippen LogP contribution in [-0.4, -0.2) is 43.8 Å². The molecule has 0 unspecified atom stereocenters. The molecular weight excluding hydrogens is 330 g/mol. The van der Waals surface area contributed by atoms with E-state index in [1.807, 2.05) is 12.1 Å². The van der Waals surface area contributed by atoms with Crippen LogP contribution in [0.2, 0.25) is 0 Å². The Balaban J connectivity index is 1.57. The summed E-state index contributed by atoms with van der Waals surface area (Å²) in [6, 6.07) is 8.56. The van der Waals surface area contributed by atoms with E-state index >= 15 is 0 Å². The number of rotatable bonds is 3. The molecule has 26 heavy (non-hydrogen) atoms. The van der Waals surface area contributed by atoms with Crippen molar-refractivity contribution in [3.63, 3.8) is 0 Å². The molecule has 1 aliphatic heterocycles. The summed E-state index contributed by atoms with van der Waals surface area (Å²) < 4.78 is 0. The number of carbonyl (C=O) groups is 1. The summed E-state index contributed by atoms with van der Waals surface area (Å²) in [5, 5.41) is 0. The van der Waals surface area contributed by atoms with E-state index in [0.717, 1.165) is 12.0 Å². The van der Waals surface area contributed by atoms with Crippen LogP contribution in [0.15, 0.2) is 59.9 Å². The number of pyridine rings is 2. The Bertz CT molecular complexity index is 972. The summed E-state index contributed by atoms with van der Waals surface area (Å²) in [7, 11) is 0. The molecule has 1 fully saturated rings. The van der Waals surface area contributed by atoms with E-state index < -0.39 is 0 Å². The second-order valence-electron chi connectivity index (χ2n) is 6.23. The number of nitrogens with one attached hydrogen (secondary N) is 1. The van der Waals surface area contributed by atoms with Crippen molar-refractivity contribution >= 4 is 5.91 Å². The molecule has 4 rings (SSSR count). The summed E-state index contributed by atoms with van der Waals surface area (Å²) >= 11 is 0. The highest BCUT2D eigenvalue weighted by Gasteiger charge is 2.29. The molecule has 3 aromatic heterocycles. The van der Waals surface area contributed by atoms with Gasteiger partial charge in [0, 0.05) is 61.0 Å². The van der Waals surface area contributed by atoms with Crippen molar-refractivity contribution in [1.29, 1.82) is 0 Å². The molecule has 4 heterocycles. The molecule has 0 aliphatic carbocycles. The third-order valence-corrected chi connectivity index (χ3v) is 4.51. The minimum Gasteiger partial charge on any atom is -0.338 e. The van der Waals surface area contributed by atoms with Gasteiger partial charge in [0.05, 0.1) is 5.69 Å². The lowest BCUT2D eigenvalue weighted by atomic mass is 10.1. The predicted octanol–water partition coefficient (Wildman–Crippen LogP) is 1.86. The third-order valence-electron chi connectivity index (χ3n) is 4.51. The van der Waals surface area contributed by atoms with Gasteiger partial charge in [-0.05, 0) is 30.7 Å². The van der Waals surface area contributed by atoms with Crippen LogP contribution in [0.25, 0.3) is 11.3 Å². The summed E-state index contributed by atoms with van der Waals surface area (Å²) in [6.45, 7) is 1.16. The van der Waals surface area contributed by atoms with E-state index in [4.69, 9.17) is 0 Å². The highest BCUT2D eigenvalue weighted by atomic mass is 16.2. The molecule has 1 atom stereocenters. The molecule has 3 aromatic rings. The lowest BCUT2D eigenvalue weighted by molar-refractivity contribution is 0.0790. The molecule has 1 N–H and O–H groups in total. The van der Waals surface area contributed by atoms with Crippen molar-refractivity contribution in [2.75, 3.05) is 13.1 Å². The fraction of sp³-hybridized carbons (Fsp3) is 0.211. The largest absolute Gasteiger partial charge is 0.338 e. The molecular formula is C19H17N5O2. The first-order chi connectivity index (χ1) is 12.7. The number of likely N-dealkylation sites (tertiary alicyclic amines) is 1. The van der Waals surface area contributed by atoms with Crippen molar-refractivity contribution in [1.82, 2.24) is 24.8 Å². The molecule has 1 aliphatic rings. The molecule has 1 amide bonds. The molecule has 0 radical (unpaired) electrons. The average Bonchev–Trinajstić information content (AvgIpc) is 3.18. The van der Waals surface area contributed by atoms with Gasteiger partial charge < -0.3 is 9.88 Å². The number of hydrogen-bond acceptors (Lipinski definition) is 5. The zero-order valence-corrected chi connectivity index (χ0v) is 14.0. The summed E-state index contributed by atoms with van der Waals surface area (Å²) in [4.78, 5) is 41.9. The van der Waals surface area contributed by atoms with Crippen LogP contribution >= 0.6 is 0 Å². The summed E-state index contributed by atoms with van der Waals surface area (Å²) in [5.74, 6) is 0.590. The Kier molecular flexibility index (Phi) is 4.27. The fourth-order valence-corrected chi connectivity index (χ4v) is 3.18. The molecule has 0 aromatic carbocycles. The smallest absolute Gasteiger partial charge is 0.253 e. The molecule has 7 heteroatoms. The van der Waals surface area contributed by atoms with Crippen molar-refractivity contribution in [3.8, 4) is 11.3 Å². The molecule has 1 saturated heterocycles. The zero-order valence-electron chi connectivity index (χ0n) is 14.0. The normalized spacial score (nSPS) is 16.6. The highest BCUT2D eigenvalue weighted by Crippen LogP contribution is 2.26. The Labute approximate surface area is 149 Å². The summed E-state index contributed by atoms with van der Waals surface area (Å²) in [6.07, 6.45) is 7.33. The Morgan fingerprint density at radius 1 is 1.15 bits per heavy atom. The summed E-state index contributed by atoms with van der Waals surface area (Å²) in [5.41, 5.74) is 1.80. The first-order valence-corrected chi connectivity index (χ1v) is 8.41. The van der Waals surface area contributed by atoms with E-state index in [1.54, 1.807) is 41.8 Å². The van der Waals surface area contributed by atoms with Gasteiger partial charge in [-0.3, -0.25) is 19.6 Å². The Hall–Kier alpha value is -3.35. The van der Waals surface area contributed by atoms with Crippen LogP contribution in [0.5, 0.6) is 0 Å². The second kappa shape index (κ2) is 6.87. The molecule has 130 valence electrons. The lowest BCUT2D eigenvalue weighted by Gasteiger charge is -2.16. The van der Waals surface area contributed by atoms with Gasteiger partial charge in [-0.25, -0.2) is 4.98 Å². The number of aromatic nitrogens is 4. The van der Waals surface area contributed by atoms with Crippen LogP contribution in [0, 0.1) is 0 Å². The maximum absolute atomic E-state index is 12.6.